The van der Waals surface area contributed by atoms with Crippen LogP contribution < -0.4 is 20.9 Å². The van der Waals surface area contributed by atoms with Crippen molar-refractivity contribution in [2.45, 2.75) is 6.54 Å². The third-order valence-corrected chi connectivity index (χ3v) is 5.47. The van der Waals surface area contributed by atoms with Crippen molar-refractivity contribution in [1.29, 1.82) is 0 Å². The first kappa shape index (κ1) is 18.0. The Labute approximate surface area is 199 Å². The molecule has 1 aromatic carbocycles. The molecule has 0 aliphatic carbocycles. The Kier molecular flexibility index (Phi) is 4.63. The van der Waals surface area contributed by atoms with E-state index in [-0.39, 0.29) is 5.56 Å². The molecule has 3 aromatic heterocycles. The van der Waals surface area contributed by atoms with Crippen LogP contribution >= 0.6 is 0 Å². The standard InChI is InChI=1S/C23H22FN9O/c1-25-23(34)16-12-27-20(30-19-7-6-14(24)11-26-19)10-18(16)29-17-5-3-4-15-21(17)32(2)8-9-33-13-28-31-22(15)33/h3-7,10-13H,8-9H2,1-2H3,(H,25,34)(H2,26,27,29,30)/i1D3. The van der Waals surface area contributed by atoms with Crippen LogP contribution in [0, 0.1) is 5.82 Å². The number of nitrogens with zero attached hydrogens (tertiary/aromatic N) is 6. The van der Waals surface area contributed by atoms with Gasteiger partial charge in [0.05, 0.1) is 28.8 Å². The number of nitrogens with one attached hydrogen (secondary N) is 3. The SMILES string of the molecule is [2H]C([2H])([2H])NC(=O)c1cnc(Nc2ccc(F)cn2)cc1Nc1cccc2c1N(C)CCn1cnnc1-2. The van der Waals surface area contributed by atoms with Crippen molar-refractivity contribution in [3.8, 4) is 11.4 Å². The molecule has 0 unspecified atom stereocenters. The minimum absolute atomic E-state index is 0.0192. The number of carbonyl (C=O) groups excluding carboxylic acids is 1. The molecule has 0 saturated heterocycles. The van der Waals surface area contributed by atoms with Crippen LogP contribution in [0.3, 0.4) is 0 Å². The number of benzene rings is 1. The Balaban J connectivity index is 1.56. The lowest BCUT2D eigenvalue weighted by Gasteiger charge is -2.23. The highest BCUT2D eigenvalue weighted by Crippen LogP contribution is 2.39. The van der Waals surface area contributed by atoms with Gasteiger partial charge in [0.25, 0.3) is 5.91 Å². The number of anilines is 5. The third kappa shape index (κ3) is 3.98. The molecule has 3 N–H and O–H groups in total. The maximum Gasteiger partial charge on any atom is 0.254 e. The molecule has 11 heteroatoms. The van der Waals surface area contributed by atoms with Gasteiger partial charge in [0.1, 0.15) is 23.8 Å². The van der Waals surface area contributed by atoms with Crippen LogP contribution in [0.15, 0.2) is 55.1 Å². The van der Waals surface area contributed by atoms with Gasteiger partial charge >= 0.3 is 0 Å². The minimum atomic E-state index is -2.68. The fourth-order valence-electron chi connectivity index (χ4n) is 3.83. The molecule has 1 amide bonds. The van der Waals surface area contributed by atoms with E-state index < -0.39 is 18.7 Å². The highest BCUT2D eigenvalue weighted by Gasteiger charge is 2.23. The predicted octanol–water partition coefficient (Wildman–Crippen LogP) is 3.17. The number of rotatable bonds is 5. The molecule has 0 bridgehead atoms. The van der Waals surface area contributed by atoms with E-state index in [1.807, 2.05) is 35.1 Å². The van der Waals surface area contributed by atoms with Crippen LogP contribution in [-0.2, 0) is 6.54 Å². The number of amides is 1. The Hall–Kier alpha value is -4.54. The van der Waals surface area contributed by atoms with Gasteiger partial charge in [0.2, 0.25) is 0 Å². The molecule has 0 saturated carbocycles. The monoisotopic (exact) mass is 462 g/mol. The lowest BCUT2D eigenvalue weighted by molar-refractivity contribution is 0.0963. The molecule has 4 aromatic rings. The van der Waals surface area contributed by atoms with Crippen molar-refractivity contribution in [1.82, 2.24) is 30.0 Å². The van der Waals surface area contributed by atoms with Crippen LogP contribution in [0.2, 0.25) is 0 Å². The number of carbonyl (C=O) groups is 1. The average Bonchev–Trinajstić information content (AvgIpc) is 3.26. The normalized spacial score (nSPS) is 14.1. The van der Waals surface area contributed by atoms with Crippen molar-refractivity contribution in [3.63, 3.8) is 0 Å². The summed E-state index contributed by atoms with van der Waals surface area (Å²) in [6.07, 6.45) is 4.00. The molecule has 1 aliphatic rings. The van der Waals surface area contributed by atoms with Crippen LogP contribution in [-0.4, -0.2) is 51.2 Å². The summed E-state index contributed by atoms with van der Waals surface area (Å²) in [5.74, 6) is 0.0519. The molecule has 172 valence electrons. The summed E-state index contributed by atoms with van der Waals surface area (Å²) in [4.78, 5) is 23.1. The molecule has 0 fully saturated rings. The van der Waals surface area contributed by atoms with Crippen molar-refractivity contribution >= 4 is 34.6 Å². The number of halogens is 1. The zero-order valence-corrected chi connectivity index (χ0v) is 18.1. The molecule has 0 spiro atoms. The zero-order chi connectivity index (χ0) is 26.2. The Bertz CT molecular complexity index is 1460. The number of fused-ring (bicyclic) bond motifs is 3. The van der Waals surface area contributed by atoms with Gasteiger partial charge in [-0.05, 0) is 24.3 Å². The van der Waals surface area contributed by atoms with E-state index in [0.717, 1.165) is 17.4 Å². The van der Waals surface area contributed by atoms with Crippen molar-refractivity contribution in [2.24, 2.45) is 0 Å². The molecule has 0 radical (unpaired) electrons. The minimum Gasteiger partial charge on any atom is -0.371 e. The summed E-state index contributed by atoms with van der Waals surface area (Å²) in [5.41, 5.74) is 2.66. The van der Waals surface area contributed by atoms with Gasteiger partial charge < -0.3 is 25.4 Å². The first-order valence-electron chi connectivity index (χ1n) is 11.9. The van der Waals surface area contributed by atoms with Crippen molar-refractivity contribution in [3.05, 3.63) is 66.5 Å². The summed E-state index contributed by atoms with van der Waals surface area (Å²) in [5, 5.41) is 16.5. The van der Waals surface area contributed by atoms with Crippen molar-refractivity contribution < 1.29 is 13.3 Å². The maximum absolute atomic E-state index is 13.3. The topological polar surface area (TPSA) is 113 Å². The van der Waals surface area contributed by atoms with Crippen LogP contribution in [0.1, 0.15) is 14.5 Å². The molecule has 0 atom stereocenters. The fourth-order valence-corrected chi connectivity index (χ4v) is 3.83. The first-order chi connectivity index (χ1) is 17.7. The highest BCUT2D eigenvalue weighted by molar-refractivity contribution is 6.01. The van der Waals surface area contributed by atoms with E-state index in [2.05, 4.69) is 35.7 Å². The Morgan fingerprint density at radius 3 is 2.79 bits per heavy atom. The van der Waals surface area contributed by atoms with E-state index in [9.17, 15) is 9.18 Å². The molecular formula is C23H22FN9O. The molecule has 10 nitrogen and oxygen atoms in total. The largest absolute Gasteiger partial charge is 0.371 e. The molecule has 1 aliphatic heterocycles. The van der Waals surface area contributed by atoms with E-state index >= 15 is 0 Å². The number of likely N-dealkylation sites (N-methyl/N-ethyl adjacent to an activating group) is 1. The van der Waals surface area contributed by atoms with Crippen LogP contribution in [0.4, 0.5) is 33.1 Å². The van der Waals surface area contributed by atoms with E-state index in [0.29, 0.717) is 41.9 Å². The summed E-state index contributed by atoms with van der Waals surface area (Å²) < 4.78 is 37.5. The van der Waals surface area contributed by atoms with E-state index in [1.165, 1.54) is 18.3 Å². The molecule has 4 heterocycles. The van der Waals surface area contributed by atoms with Gasteiger partial charge in [-0.3, -0.25) is 4.79 Å². The number of pyridine rings is 2. The van der Waals surface area contributed by atoms with Gasteiger partial charge in [-0.1, -0.05) is 6.07 Å². The average molecular weight is 463 g/mol. The second-order valence-corrected chi connectivity index (χ2v) is 7.65. The highest BCUT2D eigenvalue weighted by atomic mass is 19.1. The van der Waals surface area contributed by atoms with E-state index in [4.69, 9.17) is 4.11 Å². The lowest BCUT2D eigenvalue weighted by Crippen LogP contribution is -2.22. The first-order valence-corrected chi connectivity index (χ1v) is 10.4. The van der Waals surface area contributed by atoms with Gasteiger partial charge in [-0.25, -0.2) is 14.4 Å². The molecule has 34 heavy (non-hydrogen) atoms. The second-order valence-electron chi connectivity index (χ2n) is 7.65. The van der Waals surface area contributed by atoms with Gasteiger partial charge in [-0.2, -0.15) is 0 Å². The second kappa shape index (κ2) is 8.77. The number of aromatic nitrogens is 5. The number of hydrogen-bond donors (Lipinski definition) is 3. The summed E-state index contributed by atoms with van der Waals surface area (Å²) in [6, 6.07) is 9.89. The Morgan fingerprint density at radius 2 is 1.97 bits per heavy atom. The zero-order valence-electron chi connectivity index (χ0n) is 21.1. The van der Waals surface area contributed by atoms with Crippen LogP contribution in [0.25, 0.3) is 11.4 Å². The van der Waals surface area contributed by atoms with Crippen LogP contribution in [0.5, 0.6) is 0 Å². The van der Waals surface area contributed by atoms with Crippen molar-refractivity contribution in [2.75, 3.05) is 36.1 Å². The van der Waals surface area contributed by atoms with Gasteiger partial charge in [0, 0.05) is 49.1 Å². The summed E-state index contributed by atoms with van der Waals surface area (Å²) >= 11 is 0. The smallest absolute Gasteiger partial charge is 0.254 e. The maximum atomic E-state index is 13.3. The summed E-state index contributed by atoms with van der Waals surface area (Å²) in [6.45, 7) is -1.31. The van der Waals surface area contributed by atoms with Gasteiger partial charge in [0.15, 0.2) is 5.82 Å². The molecular weight excluding hydrogens is 437 g/mol. The third-order valence-electron chi connectivity index (χ3n) is 5.47. The number of para-hydroxylation sites is 1. The Morgan fingerprint density at radius 1 is 1.09 bits per heavy atom. The fraction of sp³-hybridized carbons (Fsp3) is 0.174. The predicted molar refractivity (Wildman–Crippen MR) is 127 cm³/mol. The lowest BCUT2D eigenvalue weighted by atomic mass is 10.1. The number of hydrogen-bond acceptors (Lipinski definition) is 8. The quantitative estimate of drug-likeness (QED) is 0.415. The van der Waals surface area contributed by atoms with E-state index in [1.54, 1.807) is 12.4 Å². The molecule has 5 rings (SSSR count). The van der Waals surface area contributed by atoms with Gasteiger partial charge in [-0.15, -0.1) is 10.2 Å². The summed E-state index contributed by atoms with van der Waals surface area (Å²) in [7, 11) is 1.95.